The van der Waals surface area contributed by atoms with E-state index in [4.69, 9.17) is 4.74 Å². The molecule has 0 heterocycles. The summed E-state index contributed by atoms with van der Waals surface area (Å²) in [6, 6.07) is 7.13. The summed E-state index contributed by atoms with van der Waals surface area (Å²) in [5.74, 6) is 0.421. The van der Waals surface area contributed by atoms with Crippen LogP contribution in [-0.2, 0) is 4.79 Å². The number of benzene rings is 1. The molecule has 1 rings (SSSR count). The van der Waals surface area contributed by atoms with E-state index in [0.29, 0.717) is 5.75 Å². The van der Waals surface area contributed by atoms with Crippen molar-refractivity contribution >= 4 is 5.91 Å². The summed E-state index contributed by atoms with van der Waals surface area (Å²) in [4.78, 5) is 11.9. The van der Waals surface area contributed by atoms with Gasteiger partial charge in [0.15, 0.2) is 6.10 Å². The monoisotopic (exact) mass is 265 g/mol. The maximum atomic E-state index is 11.9. The minimum atomic E-state index is -0.580. The molecule has 0 spiro atoms. The van der Waals surface area contributed by atoms with Gasteiger partial charge in [0.1, 0.15) is 5.75 Å². The number of carbonyl (C=O) groups excluding carboxylic acids is 1. The molecule has 1 unspecified atom stereocenters. The lowest BCUT2D eigenvalue weighted by molar-refractivity contribution is -0.128. The smallest absolute Gasteiger partial charge is 0.261 e. The van der Waals surface area contributed by atoms with Gasteiger partial charge in [-0.3, -0.25) is 4.79 Å². The van der Waals surface area contributed by atoms with E-state index in [-0.39, 0.29) is 11.4 Å². The quantitative estimate of drug-likeness (QED) is 0.879. The van der Waals surface area contributed by atoms with Crippen LogP contribution >= 0.6 is 0 Å². The third-order valence-electron chi connectivity index (χ3n) is 2.52. The van der Waals surface area contributed by atoms with Crippen LogP contribution in [0.1, 0.15) is 46.3 Å². The molecule has 0 aliphatic rings. The highest BCUT2D eigenvalue weighted by Gasteiger charge is 2.20. The van der Waals surface area contributed by atoms with Crippen LogP contribution in [-0.4, -0.2) is 22.7 Å². The summed E-state index contributed by atoms with van der Waals surface area (Å²) in [7, 11) is 0. The van der Waals surface area contributed by atoms with E-state index >= 15 is 0 Å². The van der Waals surface area contributed by atoms with Gasteiger partial charge in [-0.1, -0.05) is 12.1 Å². The molecule has 4 heteroatoms. The number of amides is 1. The average molecular weight is 265 g/mol. The highest BCUT2D eigenvalue weighted by Crippen LogP contribution is 2.19. The minimum absolute atomic E-state index is 0.157. The summed E-state index contributed by atoms with van der Waals surface area (Å²) in [6.07, 6.45) is -1.13. The number of aliphatic hydroxyl groups is 1. The number of hydrogen-bond donors (Lipinski definition) is 2. The maximum Gasteiger partial charge on any atom is 0.261 e. The van der Waals surface area contributed by atoms with Gasteiger partial charge in [0.05, 0.1) is 6.10 Å². The second-order valence-electron chi connectivity index (χ2n) is 5.75. The fraction of sp³-hybridized carbons (Fsp3) is 0.533. The van der Waals surface area contributed by atoms with E-state index < -0.39 is 12.2 Å². The Kier molecular flexibility index (Phi) is 4.95. The minimum Gasteiger partial charge on any atom is -0.481 e. The van der Waals surface area contributed by atoms with E-state index in [1.807, 2.05) is 26.8 Å². The largest absolute Gasteiger partial charge is 0.481 e. The van der Waals surface area contributed by atoms with E-state index in [0.717, 1.165) is 5.56 Å². The fourth-order valence-corrected chi connectivity index (χ4v) is 1.58. The normalized spacial score (nSPS) is 14.6. The first-order valence-electron chi connectivity index (χ1n) is 6.46. The van der Waals surface area contributed by atoms with Crippen molar-refractivity contribution in [2.45, 2.75) is 52.4 Å². The number of hydrogen-bond acceptors (Lipinski definition) is 3. The Hall–Kier alpha value is -1.55. The summed E-state index contributed by atoms with van der Waals surface area (Å²) >= 11 is 0. The Labute approximate surface area is 114 Å². The summed E-state index contributed by atoms with van der Waals surface area (Å²) in [5, 5.41) is 12.4. The first-order chi connectivity index (χ1) is 8.69. The molecule has 0 radical (unpaired) electrons. The van der Waals surface area contributed by atoms with Crippen LogP contribution in [0.2, 0.25) is 0 Å². The van der Waals surface area contributed by atoms with Crippen molar-refractivity contribution in [2.24, 2.45) is 0 Å². The molecule has 0 aromatic heterocycles. The SMILES string of the molecule is CC(Oc1cccc([C@H](C)O)c1)C(=O)NC(C)(C)C. The second kappa shape index (κ2) is 6.06. The van der Waals surface area contributed by atoms with Crippen LogP contribution in [0.5, 0.6) is 5.75 Å². The molecule has 0 saturated carbocycles. The topological polar surface area (TPSA) is 58.6 Å². The zero-order valence-corrected chi connectivity index (χ0v) is 12.2. The predicted molar refractivity (Wildman–Crippen MR) is 75.1 cm³/mol. The number of rotatable bonds is 4. The van der Waals surface area contributed by atoms with Gasteiger partial charge in [-0.25, -0.2) is 0 Å². The number of ether oxygens (including phenoxy) is 1. The Morgan fingerprint density at radius 2 is 1.95 bits per heavy atom. The zero-order valence-electron chi connectivity index (χ0n) is 12.2. The molecule has 1 amide bonds. The van der Waals surface area contributed by atoms with E-state index in [1.165, 1.54) is 0 Å². The first kappa shape index (κ1) is 15.5. The second-order valence-corrected chi connectivity index (χ2v) is 5.75. The van der Waals surface area contributed by atoms with Crippen LogP contribution in [0.4, 0.5) is 0 Å². The third-order valence-corrected chi connectivity index (χ3v) is 2.52. The molecule has 1 aromatic rings. The summed E-state index contributed by atoms with van der Waals surface area (Å²) < 4.78 is 5.59. The van der Waals surface area contributed by atoms with E-state index in [2.05, 4.69) is 5.32 Å². The molecular formula is C15H23NO3. The predicted octanol–water partition coefficient (Wildman–Crippen LogP) is 2.42. The maximum absolute atomic E-state index is 11.9. The fourth-order valence-electron chi connectivity index (χ4n) is 1.58. The van der Waals surface area contributed by atoms with Crippen molar-refractivity contribution in [1.82, 2.24) is 5.32 Å². The number of carbonyl (C=O) groups is 1. The van der Waals surface area contributed by atoms with Crippen molar-refractivity contribution in [1.29, 1.82) is 0 Å². The standard InChI is InChI=1S/C15H23NO3/c1-10(17)12-7-6-8-13(9-12)19-11(2)14(18)16-15(3,4)5/h6-11,17H,1-5H3,(H,16,18)/t10-,11?/m0/s1. The van der Waals surface area contributed by atoms with Gasteiger partial charge in [-0.2, -0.15) is 0 Å². The Balaban J connectivity index is 2.69. The molecule has 0 aliphatic carbocycles. The van der Waals surface area contributed by atoms with Crippen LogP contribution < -0.4 is 10.1 Å². The molecule has 106 valence electrons. The zero-order chi connectivity index (χ0) is 14.6. The lowest BCUT2D eigenvalue weighted by atomic mass is 10.1. The van der Waals surface area contributed by atoms with Gasteiger partial charge in [0.25, 0.3) is 5.91 Å². The Bertz CT molecular complexity index is 435. The number of aliphatic hydroxyl groups excluding tert-OH is 1. The van der Waals surface area contributed by atoms with Crippen LogP contribution in [0, 0.1) is 0 Å². The van der Waals surface area contributed by atoms with E-state index in [1.54, 1.807) is 32.0 Å². The van der Waals surface area contributed by atoms with Gasteiger partial charge < -0.3 is 15.2 Å². The third kappa shape index (κ3) is 5.30. The number of nitrogens with one attached hydrogen (secondary N) is 1. The van der Waals surface area contributed by atoms with Crippen molar-refractivity contribution < 1.29 is 14.6 Å². The molecular weight excluding hydrogens is 242 g/mol. The lowest BCUT2D eigenvalue weighted by Crippen LogP contribution is -2.46. The molecule has 0 fully saturated rings. The molecule has 0 bridgehead atoms. The lowest BCUT2D eigenvalue weighted by Gasteiger charge is -2.23. The Morgan fingerprint density at radius 1 is 1.32 bits per heavy atom. The van der Waals surface area contributed by atoms with E-state index in [9.17, 15) is 9.90 Å². The Morgan fingerprint density at radius 3 is 2.47 bits per heavy atom. The molecule has 4 nitrogen and oxygen atoms in total. The van der Waals surface area contributed by atoms with Gasteiger partial charge in [0, 0.05) is 5.54 Å². The van der Waals surface area contributed by atoms with Crippen molar-refractivity contribution in [2.75, 3.05) is 0 Å². The highest BCUT2D eigenvalue weighted by atomic mass is 16.5. The molecule has 19 heavy (non-hydrogen) atoms. The van der Waals surface area contributed by atoms with Crippen LogP contribution in [0.15, 0.2) is 24.3 Å². The summed E-state index contributed by atoms with van der Waals surface area (Å²) in [6.45, 7) is 9.16. The van der Waals surface area contributed by atoms with Gasteiger partial charge in [-0.05, 0) is 52.3 Å². The summed E-state index contributed by atoms with van der Waals surface area (Å²) in [5.41, 5.74) is 0.483. The molecule has 0 saturated heterocycles. The van der Waals surface area contributed by atoms with Crippen molar-refractivity contribution in [3.05, 3.63) is 29.8 Å². The molecule has 2 atom stereocenters. The van der Waals surface area contributed by atoms with Gasteiger partial charge >= 0.3 is 0 Å². The van der Waals surface area contributed by atoms with Crippen LogP contribution in [0.25, 0.3) is 0 Å². The van der Waals surface area contributed by atoms with Crippen molar-refractivity contribution in [3.63, 3.8) is 0 Å². The average Bonchev–Trinajstić information content (AvgIpc) is 2.27. The van der Waals surface area contributed by atoms with Crippen LogP contribution in [0.3, 0.4) is 0 Å². The van der Waals surface area contributed by atoms with Gasteiger partial charge in [-0.15, -0.1) is 0 Å². The first-order valence-corrected chi connectivity index (χ1v) is 6.46. The molecule has 2 N–H and O–H groups in total. The van der Waals surface area contributed by atoms with Crippen molar-refractivity contribution in [3.8, 4) is 5.75 Å². The molecule has 1 aromatic carbocycles. The molecule has 0 aliphatic heterocycles. The highest BCUT2D eigenvalue weighted by molar-refractivity contribution is 5.81. The van der Waals surface area contributed by atoms with Gasteiger partial charge in [0.2, 0.25) is 0 Å².